The number of aliphatic imine (C=N–C) groups is 1. The second-order valence-corrected chi connectivity index (χ2v) is 3.94. The zero-order chi connectivity index (χ0) is 11.3. The quantitative estimate of drug-likeness (QED) is 0.512. The van der Waals surface area contributed by atoms with E-state index in [2.05, 4.69) is 4.99 Å². The van der Waals surface area contributed by atoms with Crippen molar-refractivity contribution in [2.75, 3.05) is 13.1 Å². The van der Waals surface area contributed by atoms with Crippen LogP contribution < -0.4 is 11.5 Å². The van der Waals surface area contributed by atoms with Crippen LogP contribution in [0.15, 0.2) is 4.99 Å². The first-order valence-electron chi connectivity index (χ1n) is 5.50. The van der Waals surface area contributed by atoms with Gasteiger partial charge in [-0.15, -0.1) is 0 Å². The van der Waals surface area contributed by atoms with Gasteiger partial charge in [-0.3, -0.25) is 4.79 Å². The Kier molecular flexibility index (Phi) is 4.39. The van der Waals surface area contributed by atoms with Crippen molar-refractivity contribution in [1.82, 2.24) is 4.90 Å². The van der Waals surface area contributed by atoms with Crippen LogP contribution in [0.5, 0.6) is 0 Å². The molecule has 1 saturated heterocycles. The van der Waals surface area contributed by atoms with E-state index >= 15 is 0 Å². The summed E-state index contributed by atoms with van der Waals surface area (Å²) in [5.41, 5.74) is 10.7. The van der Waals surface area contributed by atoms with Gasteiger partial charge in [0.2, 0.25) is 5.91 Å². The van der Waals surface area contributed by atoms with Gasteiger partial charge in [0.1, 0.15) is 0 Å². The summed E-state index contributed by atoms with van der Waals surface area (Å²) in [6.07, 6.45) is 3.46. The van der Waals surface area contributed by atoms with Gasteiger partial charge in [-0.2, -0.15) is 0 Å². The molecule has 1 rings (SSSR count). The minimum Gasteiger partial charge on any atom is -0.370 e. The number of guanidine groups is 1. The zero-order valence-electron chi connectivity index (χ0n) is 9.28. The third kappa shape index (κ3) is 3.77. The largest absolute Gasteiger partial charge is 0.370 e. The lowest BCUT2D eigenvalue weighted by Gasteiger charge is -2.30. The van der Waals surface area contributed by atoms with E-state index in [1.54, 1.807) is 0 Å². The lowest BCUT2D eigenvalue weighted by Crippen LogP contribution is -2.42. The number of nitrogens with two attached hydrogens (primary N) is 2. The van der Waals surface area contributed by atoms with Crippen LogP contribution in [0.2, 0.25) is 0 Å². The summed E-state index contributed by atoms with van der Waals surface area (Å²) >= 11 is 0. The van der Waals surface area contributed by atoms with Crippen LogP contribution in [-0.4, -0.2) is 35.9 Å². The van der Waals surface area contributed by atoms with Crippen molar-refractivity contribution in [2.45, 2.75) is 38.6 Å². The van der Waals surface area contributed by atoms with Crippen LogP contribution in [0.3, 0.4) is 0 Å². The van der Waals surface area contributed by atoms with E-state index in [4.69, 9.17) is 11.5 Å². The Morgan fingerprint density at radius 3 is 2.87 bits per heavy atom. The molecule has 1 amide bonds. The molecule has 0 saturated carbocycles. The van der Waals surface area contributed by atoms with Gasteiger partial charge in [-0.25, -0.2) is 4.99 Å². The molecule has 1 heterocycles. The van der Waals surface area contributed by atoms with Crippen molar-refractivity contribution in [3.8, 4) is 0 Å². The van der Waals surface area contributed by atoms with Gasteiger partial charge >= 0.3 is 0 Å². The second-order valence-electron chi connectivity index (χ2n) is 3.94. The van der Waals surface area contributed by atoms with Gasteiger partial charge in [-0.05, 0) is 19.3 Å². The highest BCUT2D eigenvalue weighted by molar-refractivity contribution is 5.77. The van der Waals surface area contributed by atoms with E-state index in [0.717, 1.165) is 25.8 Å². The summed E-state index contributed by atoms with van der Waals surface area (Å²) in [6.45, 7) is 3.52. The molecule has 1 unspecified atom stereocenters. The molecule has 86 valence electrons. The first-order chi connectivity index (χ1) is 7.13. The van der Waals surface area contributed by atoms with Crippen molar-refractivity contribution in [3.63, 3.8) is 0 Å². The van der Waals surface area contributed by atoms with E-state index in [-0.39, 0.29) is 17.9 Å². The zero-order valence-corrected chi connectivity index (χ0v) is 9.28. The number of carbonyl (C=O) groups is 1. The Morgan fingerprint density at radius 1 is 1.53 bits per heavy atom. The lowest BCUT2D eigenvalue weighted by atomic mass is 10.1. The number of nitrogens with zero attached hydrogens (tertiary/aromatic N) is 2. The molecule has 15 heavy (non-hydrogen) atoms. The van der Waals surface area contributed by atoms with Crippen LogP contribution >= 0.6 is 0 Å². The molecule has 4 N–H and O–H groups in total. The SMILES string of the molecule is CCCC(=O)N1CCCC(N=C(N)N)C1. The number of likely N-dealkylation sites (tertiary alicyclic amines) is 1. The maximum atomic E-state index is 11.6. The Hall–Kier alpha value is -1.26. The highest BCUT2D eigenvalue weighted by Gasteiger charge is 2.22. The van der Waals surface area contributed by atoms with Crippen molar-refractivity contribution in [2.24, 2.45) is 16.5 Å². The number of piperidine rings is 1. The molecule has 0 aromatic heterocycles. The maximum Gasteiger partial charge on any atom is 0.222 e. The fourth-order valence-corrected chi connectivity index (χ4v) is 1.87. The summed E-state index contributed by atoms with van der Waals surface area (Å²) < 4.78 is 0. The summed E-state index contributed by atoms with van der Waals surface area (Å²) in [6, 6.07) is 0.0876. The van der Waals surface area contributed by atoms with Crippen LogP contribution in [0.4, 0.5) is 0 Å². The van der Waals surface area contributed by atoms with E-state index in [9.17, 15) is 4.79 Å². The molecule has 1 atom stereocenters. The number of hydrogen-bond acceptors (Lipinski definition) is 2. The first-order valence-corrected chi connectivity index (χ1v) is 5.50. The van der Waals surface area contributed by atoms with Crippen LogP contribution in [-0.2, 0) is 4.79 Å². The third-order valence-corrected chi connectivity index (χ3v) is 2.54. The molecule has 0 spiro atoms. The molecular formula is C10H20N4O. The van der Waals surface area contributed by atoms with Gasteiger partial charge in [0.25, 0.3) is 0 Å². The molecule has 0 aromatic carbocycles. The van der Waals surface area contributed by atoms with Crippen molar-refractivity contribution < 1.29 is 4.79 Å². The smallest absolute Gasteiger partial charge is 0.222 e. The van der Waals surface area contributed by atoms with Crippen LogP contribution in [0, 0.1) is 0 Å². The van der Waals surface area contributed by atoms with E-state index in [0.29, 0.717) is 13.0 Å². The number of amides is 1. The summed E-state index contributed by atoms with van der Waals surface area (Å²) in [4.78, 5) is 17.6. The minimum atomic E-state index is 0.0876. The van der Waals surface area contributed by atoms with Crippen LogP contribution in [0.25, 0.3) is 0 Å². The first kappa shape index (κ1) is 11.8. The van der Waals surface area contributed by atoms with E-state index in [1.165, 1.54) is 0 Å². The summed E-state index contributed by atoms with van der Waals surface area (Å²) in [7, 11) is 0. The van der Waals surface area contributed by atoms with Gasteiger partial charge < -0.3 is 16.4 Å². The van der Waals surface area contributed by atoms with Crippen molar-refractivity contribution >= 4 is 11.9 Å². The van der Waals surface area contributed by atoms with Gasteiger partial charge in [0.05, 0.1) is 6.04 Å². The Labute approximate surface area is 90.5 Å². The topological polar surface area (TPSA) is 84.7 Å². The summed E-state index contributed by atoms with van der Waals surface area (Å²) in [5.74, 6) is 0.331. The third-order valence-electron chi connectivity index (χ3n) is 2.54. The Balaban J connectivity index is 2.48. The highest BCUT2D eigenvalue weighted by Crippen LogP contribution is 2.14. The molecule has 1 fully saturated rings. The minimum absolute atomic E-state index is 0.0876. The van der Waals surface area contributed by atoms with Gasteiger partial charge in [-0.1, -0.05) is 6.92 Å². The Bertz CT molecular complexity index is 248. The fourth-order valence-electron chi connectivity index (χ4n) is 1.87. The van der Waals surface area contributed by atoms with Gasteiger partial charge in [0.15, 0.2) is 5.96 Å². The average Bonchev–Trinajstić information content (AvgIpc) is 2.17. The second kappa shape index (κ2) is 5.58. The highest BCUT2D eigenvalue weighted by atomic mass is 16.2. The summed E-state index contributed by atoms with van der Waals surface area (Å²) in [5, 5.41) is 0. The predicted octanol–water partition coefficient (Wildman–Crippen LogP) is 0.0509. The monoisotopic (exact) mass is 212 g/mol. The molecule has 0 aliphatic carbocycles. The molecule has 5 heteroatoms. The van der Waals surface area contributed by atoms with Crippen LogP contribution in [0.1, 0.15) is 32.6 Å². The number of carbonyl (C=O) groups excluding carboxylic acids is 1. The molecule has 0 aromatic rings. The molecule has 1 aliphatic rings. The van der Waals surface area contributed by atoms with Gasteiger partial charge in [0, 0.05) is 19.5 Å². The fraction of sp³-hybridized carbons (Fsp3) is 0.800. The van der Waals surface area contributed by atoms with E-state index in [1.807, 2.05) is 11.8 Å². The maximum absolute atomic E-state index is 11.6. The average molecular weight is 212 g/mol. The number of hydrogen-bond donors (Lipinski definition) is 2. The van der Waals surface area contributed by atoms with E-state index < -0.39 is 0 Å². The number of rotatable bonds is 3. The molecule has 1 aliphatic heterocycles. The molecule has 0 radical (unpaired) electrons. The normalized spacial score (nSPS) is 21.1. The lowest BCUT2D eigenvalue weighted by molar-refractivity contribution is -0.132. The molecule has 0 bridgehead atoms. The van der Waals surface area contributed by atoms with Crippen molar-refractivity contribution in [1.29, 1.82) is 0 Å². The molecule has 5 nitrogen and oxygen atoms in total. The standard InChI is InChI=1S/C10H20N4O/c1-2-4-9(15)14-6-3-5-8(7-14)13-10(11)12/h8H,2-7H2,1H3,(H4,11,12,13). The Morgan fingerprint density at radius 2 is 2.27 bits per heavy atom. The molecular weight excluding hydrogens is 192 g/mol. The predicted molar refractivity (Wildman–Crippen MR) is 60.3 cm³/mol. The van der Waals surface area contributed by atoms with Crippen molar-refractivity contribution in [3.05, 3.63) is 0 Å².